The smallest absolute Gasteiger partial charge is 0.251 e. The highest BCUT2D eigenvalue weighted by atomic mass is 35.5. The van der Waals surface area contributed by atoms with Crippen molar-refractivity contribution < 1.29 is 4.79 Å². The number of rotatable bonds is 6. The SMILES string of the molecule is CCCC(CC)NC(=O)c1ccc(CN)cc1.Cl. The van der Waals surface area contributed by atoms with E-state index in [0.717, 1.165) is 24.8 Å². The molecular weight excluding hydrogens is 248 g/mol. The van der Waals surface area contributed by atoms with Crippen molar-refractivity contribution in [3.8, 4) is 0 Å². The third-order valence-corrected chi connectivity index (χ3v) is 2.92. The minimum Gasteiger partial charge on any atom is -0.349 e. The molecule has 0 spiro atoms. The van der Waals surface area contributed by atoms with E-state index in [1.165, 1.54) is 0 Å². The number of hydrogen-bond acceptors (Lipinski definition) is 2. The summed E-state index contributed by atoms with van der Waals surface area (Å²) in [5.74, 6) is 0.00821. The number of hydrogen-bond donors (Lipinski definition) is 2. The highest BCUT2D eigenvalue weighted by Gasteiger charge is 2.10. The number of nitrogens with one attached hydrogen (secondary N) is 1. The third-order valence-electron chi connectivity index (χ3n) is 2.92. The van der Waals surface area contributed by atoms with E-state index >= 15 is 0 Å². The van der Waals surface area contributed by atoms with Crippen LogP contribution in [-0.2, 0) is 6.54 Å². The maximum absolute atomic E-state index is 11.9. The molecule has 0 aromatic heterocycles. The van der Waals surface area contributed by atoms with Crippen LogP contribution in [0.25, 0.3) is 0 Å². The molecule has 4 heteroatoms. The van der Waals surface area contributed by atoms with E-state index in [1.807, 2.05) is 24.3 Å². The Bertz CT molecular complexity index is 351. The van der Waals surface area contributed by atoms with Gasteiger partial charge >= 0.3 is 0 Å². The van der Waals surface area contributed by atoms with Crippen LogP contribution in [0.3, 0.4) is 0 Å². The molecule has 3 N–H and O–H groups in total. The average molecular weight is 271 g/mol. The molecule has 1 amide bonds. The fraction of sp³-hybridized carbons (Fsp3) is 0.500. The molecule has 1 aromatic rings. The van der Waals surface area contributed by atoms with Gasteiger partial charge in [-0.1, -0.05) is 32.4 Å². The van der Waals surface area contributed by atoms with Crippen molar-refractivity contribution >= 4 is 18.3 Å². The second kappa shape index (κ2) is 8.95. The average Bonchev–Trinajstić information content (AvgIpc) is 2.38. The molecule has 0 radical (unpaired) electrons. The number of amides is 1. The van der Waals surface area contributed by atoms with Gasteiger partial charge in [-0.3, -0.25) is 4.79 Å². The first-order valence-corrected chi connectivity index (χ1v) is 6.31. The minimum atomic E-state index is 0. The molecule has 0 aliphatic carbocycles. The Balaban J connectivity index is 0.00000289. The van der Waals surface area contributed by atoms with Crippen molar-refractivity contribution in [1.29, 1.82) is 0 Å². The first-order chi connectivity index (χ1) is 8.21. The van der Waals surface area contributed by atoms with Crippen LogP contribution in [-0.4, -0.2) is 11.9 Å². The maximum atomic E-state index is 11.9. The van der Waals surface area contributed by atoms with Crippen molar-refractivity contribution in [3.63, 3.8) is 0 Å². The Kier molecular flexibility index (Phi) is 8.42. The van der Waals surface area contributed by atoms with E-state index in [9.17, 15) is 4.79 Å². The molecule has 102 valence electrons. The number of benzene rings is 1. The summed E-state index contributed by atoms with van der Waals surface area (Å²) in [5, 5.41) is 3.05. The van der Waals surface area contributed by atoms with E-state index in [1.54, 1.807) is 0 Å². The van der Waals surface area contributed by atoms with Crippen molar-refractivity contribution in [1.82, 2.24) is 5.32 Å². The zero-order chi connectivity index (χ0) is 12.7. The summed E-state index contributed by atoms with van der Waals surface area (Å²) in [6, 6.07) is 7.74. The van der Waals surface area contributed by atoms with E-state index in [2.05, 4.69) is 19.2 Å². The Labute approximate surface area is 116 Å². The van der Waals surface area contributed by atoms with Gasteiger partial charge in [0.05, 0.1) is 0 Å². The van der Waals surface area contributed by atoms with Crippen molar-refractivity contribution in [2.45, 2.75) is 45.7 Å². The zero-order valence-corrected chi connectivity index (χ0v) is 11.9. The number of nitrogens with two attached hydrogens (primary N) is 1. The van der Waals surface area contributed by atoms with Crippen LogP contribution in [0.1, 0.15) is 49.0 Å². The topological polar surface area (TPSA) is 55.1 Å². The van der Waals surface area contributed by atoms with Gasteiger partial charge < -0.3 is 11.1 Å². The summed E-state index contributed by atoms with van der Waals surface area (Å²) in [7, 11) is 0. The van der Waals surface area contributed by atoms with E-state index in [4.69, 9.17) is 5.73 Å². The third kappa shape index (κ3) is 5.07. The van der Waals surface area contributed by atoms with Crippen LogP contribution < -0.4 is 11.1 Å². The standard InChI is InChI=1S/C14H22N2O.ClH/c1-3-5-13(4-2)16-14(17)12-8-6-11(10-15)7-9-12;/h6-9,13H,3-5,10,15H2,1-2H3,(H,16,17);1H. The van der Waals surface area contributed by atoms with Gasteiger partial charge in [-0.2, -0.15) is 0 Å². The highest BCUT2D eigenvalue weighted by molar-refractivity contribution is 5.94. The Morgan fingerprint density at radius 1 is 1.28 bits per heavy atom. The Morgan fingerprint density at radius 3 is 2.33 bits per heavy atom. The van der Waals surface area contributed by atoms with Gasteiger partial charge in [-0.25, -0.2) is 0 Å². The van der Waals surface area contributed by atoms with Crippen molar-refractivity contribution in [2.75, 3.05) is 0 Å². The van der Waals surface area contributed by atoms with Crippen molar-refractivity contribution in [2.24, 2.45) is 5.73 Å². The fourth-order valence-corrected chi connectivity index (χ4v) is 1.79. The van der Waals surface area contributed by atoms with Gasteiger partial charge in [0.25, 0.3) is 5.91 Å². The van der Waals surface area contributed by atoms with Crippen LogP contribution in [0.15, 0.2) is 24.3 Å². The molecule has 0 bridgehead atoms. The van der Waals surface area contributed by atoms with Gasteiger partial charge in [0.2, 0.25) is 0 Å². The molecule has 0 aliphatic heterocycles. The predicted molar refractivity (Wildman–Crippen MR) is 78.0 cm³/mol. The van der Waals surface area contributed by atoms with Crippen LogP contribution in [0.5, 0.6) is 0 Å². The van der Waals surface area contributed by atoms with Crippen LogP contribution in [0, 0.1) is 0 Å². The molecule has 1 rings (SSSR count). The summed E-state index contributed by atoms with van der Waals surface area (Å²) in [6.45, 7) is 4.73. The summed E-state index contributed by atoms with van der Waals surface area (Å²) >= 11 is 0. The maximum Gasteiger partial charge on any atom is 0.251 e. The quantitative estimate of drug-likeness (QED) is 0.835. The monoisotopic (exact) mass is 270 g/mol. The van der Waals surface area contributed by atoms with E-state index < -0.39 is 0 Å². The van der Waals surface area contributed by atoms with Gasteiger partial charge in [-0.15, -0.1) is 12.4 Å². The fourth-order valence-electron chi connectivity index (χ4n) is 1.79. The van der Waals surface area contributed by atoms with Crippen LogP contribution >= 0.6 is 12.4 Å². The van der Waals surface area contributed by atoms with Gasteiger partial charge in [-0.05, 0) is 30.5 Å². The lowest BCUT2D eigenvalue weighted by atomic mass is 10.1. The lowest BCUT2D eigenvalue weighted by Gasteiger charge is -2.16. The number of carbonyl (C=O) groups is 1. The summed E-state index contributed by atoms with van der Waals surface area (Å²) < 4.78 is 0. The lowest BCUT2D eigenvalue weighted by molar-refractivity contribution is 0.0933. The molecule has 1 aromatic carbocycles. The lowest BCUT2D eigenvalue weighted by Crippen LogP contribution is -2.34. The van der Waals surface area contributed by atoms with Crippen LogP contribution in [0.4, 0.5) is 0 Å². The largest absolute Gasteiger partial charge is 0.349 e. The summed E-state index contributed by atoms with van der Waals surface area (Å²) in [4.78, 5) is 11.9. The molecule has 1 atom stereocenters. The molecule has 18 heavy (non-hydrogen) atoms. The molecule has 3 nitrogen and oxygen atoms in total. The summed E-state index contributed by atoms with van der Waals surface area (Å²) in [6.07, 6.45) is 3.09. The molecule has 1 unspecified atom stereocenters. The van der Waals surface area contributed by atoms with E-state index in [0.29, 0.717) is 12.1 Å². The van der Waals surface area contributed by atoms with Crippen LogP contribution in [0.2, 0.25) is 0 Å². The minimum absolute atomic E-state index is 0. The second-order valence-corrected chi connectivity index (χ2v) is 4.27. The Hall–Kier alpha value is -1.06. The molecule has 0 saturated carbocycles. The molecule has 0 aliphatic rings. The first kappa shape index (κ1) is 16.9. The Morgan fingerprint density at radius 2 is 1.89 bits per heavy atom. The predicted octanol–water partition coefficient (Wildman–Crippen LogP) is 2.88. The zero-order valence-electron chi connectivity index (χ0n) is 11.1. The number of carbonyl (C=O) groups excluding carboxylic acids is 1. The first-order valence-electron chi connectivity index (χ1n) is 6.31. The molecule has 0 saturated heterocycles. The summed E-state index contributed by atoms with van der Waals surface area (Å²) in [5.41, 5.74) is 7.27. The number of halogens is 1. The molecule has 0 fully saturated rings. The van der Waals surface area contributed by atoms with E-state index in [-0.39, 0.29) is 24.4 Å². The van der Waals surface area contributed by atoms with Gasteiger partial charge in [0.15, 0.2) is 0 Å². The normalized spacial score (nSPS) is 11.5. The second-order valence-electron chi connectivity index (χ2n) is 4.27. The molecule has 0 heterocycles. The van der Waals surface area contributed by atoms with Gasteiger partial charge in [0, 0.05) is 18.2 Å². The molecular formula is C14H23ClN2O. The van der Waals surface area contributed by atoms with Crippen molar-refractivity contribution in [3.05, 3.63) is 35.4 Å². The van der Waals surface area contributed by atoms with Gasteiger partial charge in [0.1, 0.15) is 0 Å². The highest BCUT2D eigenvalue weighted by Crippen LogP contribution is 2.06.